The average molecular weight is 373 g/mol. The highest BCUT2D eigenvalue weighted by atomic mass is 79.9. The summed E-state index contributed by atoms with van der Waals surface area (Å²) < 4.78 is 6.60. The molecule has 2 aromatic rings. The number of rotatable bonds is 5. The van der Waals surface area contributed by atoms with Crippen molar-refractivity contribution in [3.05, 3.63) is 64.1 Å². The van der Waals surface area contributed by atoms with E-state index in [1.807, 2.05) is 37.3 Å². The van der Waals surface area contributed by atoms with Crippen molar-refractivity contribution in [3.8, 4) is 11.8 Å². The van der Waals surface area contributed by atoms with Gasteiger partial charge < -0.3 is 10.1 Å². The summed E-state index contributed by atoms with van der Waals surface area (Å²) in [7, 11) is 0. The molecule has 23 heavy (non-hydrogen) atoms. The first-order valence-electron chi connectivity index (χ1n) is 7.22. The molecule has 0 aromatic heterocycles. The first-order chi connectivity index (χ1) is 11.0. The number of nitrogens with zero attached hydrogens (tertiary/aromatic N) is 1. The summed E-state index contributed by atoms with van der Waals surface area (Å²) in [5.74, 6) is 0.297. The molecule has 0 aliphatic rings. The number of halogens is 1. The summed E-state index contributed by atoms with van der Waals surface area (Å²) in [5.41, 5.74) is 1.51. The number of hydrogen-bond donors (Lipinski definition) is 1. The largest absolute Gasteiger partial charge is 0.481 e. The van der Waals surface area contributed by atoms with Crippen LogP contribution in [0.4, 0.5) is 0 Å². The lowest BCUT2D eigenvalue weighted by molar-refractivity contribution is -0.127. The Morgan fingerprint density at radius 2 is 1.91 bits per heavy atom. The highest BCUT2D eigenvalue weighted by Crippen LogP contribution is 2.18. The Hall–Kier alpha value is -2.32. The smallest absolute Gasteiger partial charge is 0.261 e. The molecule has 0 bridgehead atoms. The van der Waals surface area contributed by atoms with Crippen LogP contribution in [0.5, 0.6) is 5.75 Å². The van der Waals surface area contributed by atoms with Crippen molar-refractivity contribution in [1.29, 1.82) is 5.26 Å². The standard InChI is InChI=1S/C18H17BrN2O2/c1-12(15-6-8-16(19)9-7-15)21-18(22)13(2)23-17-5-3-4-14(10-17)11-20/h3-10,12-13H,1-2H3,(H,21,22). The lowest BCUT2D eigenvalue weighted by Crippen LogP contribution is -2.37. The van der Waals surface area contributed by atoms with Gasteiger partial charge in [-0.05, 0) is 49.7 Å². The van der Waals surface area contributed by atoms with E-state index in [9.17, 15) is 4.79 Å². The summed E-state index contributed by atoms with van der Waals surface area (Å²) >= 11 is 3.39. The second-order valence-corrected chi connectivity index (χ2v) is 6.10. The van der Waals surface area contributed by atoms with Gasteiger partial charge in [-0.15, -0.1) is 0 Å². The molecule has 4 nitrogen and oxygen atoms in total. The van der Waals surface area contributed by atoms with Gasteiger partial charge in [0.2, 0.25) is 0 Å². The molecule has 0 fully saturated rings. The molecule has 2 atom stereocenters. The summed E-state index contributed by atoms with van der Waals surface area (Å²) in [4.78, 5) is 12.2. The third-order valence-electron chi connectivity index (χ3n) is 3.37. The second-order valence-electron chi connectivity index (χ2n) is 5.18. The minimum Gasteiger partial charge on any atom is -0.481 e. The third-order valence-corrected chi connectivity index (χ3v) is 3.90. The summed E-state index contributed by atoms with van der Waals surface area (Å²) in [6.45, 7) is 3.60. The molecule has 1 N–H and O–H groups in total. The highest BCUT2D eigenvalue weighted by molar-refractivity contribution is 9.10. The van der Waals surface area contributed by atoms with E-state index in [1.54, 1.807) is 31.2 Å². The molecule has 0 saturated heterocycles. The van der Waals surface area contributed by atoms with Gasteiger partial charge in [-0.3, -0.25) is 4.79 Å². The number of amides is 1. The SMILES string of the molecule is CC(Oc1cccc(C#N)c1)C(=O)NC(C)c1ccc(Br)cc1. The summed E-state index contributed by atoms with van der Waals surface area (Å²) in [6.07, 6.45) is -0.651. The molecule has 1 amide bonds. The Bertz CT molecular complexity index is 723. The number of ether oxygens (including phenoxy) is 1. The van der Waals surface area contributed by atoms with Gasteiger partial charge in [0.05, 0.1) is 17.7 Å². The fourth-order valence-electron chi connectivity index (χ4n) is 2.06. The van der Waals surface area contributed by atoms with E-state index < -0.39 is 6.10 Å². The van der Waals surface area contributed by atoms with Gasteiger partial charge in [0.1, 0.15) is 5.75 Å². The van der Waals surface area contributed by atoms with Crippen LogP contribution in [0.15, 0.2) is 53.0 Å². The van der Waals surface area contributed by atoms with E-state index in [-0.39, 0.29) is 11.9 Å². The van der Waals surface area contributed by atoms with Gasteiger partial charge in [-0.2, -0.15) is 5.26 Å². The number of nitriles is 1. The van der Waals surface area contributed by atoms with Crippen molar-refractivity contribution >= 4 is 21.8 Å². The molecular formula is C18H17BrN2O2. The van der Waals surface area contributed by atoms with Crippen LogP contribution in [0, 0.1) is 11.3 Å². The van der Waals surface area contributed by atoms with Crippen LogP contribution in [0.25, 0.3) is 0 Å². The number of carbonyl (C=O) groups excluding carboxylic acids is 1. The minimum absolute atomic E-state index is 0.118. The Morgan fingerprint density at radius 1 is 1.22 bits per heavy atom. The van der Waals surface area contributed by atoms with Crippen LogP contribution >= 0.6 is 15.9 Å². The zero-order chi connectivity index (χ0) is 16.8. The van der Waals surface area contributed by atoms with Gasteiger partial charge in [-0.1, -0.05) is 34.1 Å². The van der Waals surface area contributed by atoms with Crippen molar-refractivity contribution in [2.24, 2.45) is 0 Å². The van der Waals surface area contributed by atoms with Crippen molar-refractivity contribution < 1.29 is 9.53 Å². The molecular weight excluding hydrogens is 356 g/mol. The van der Waals surface area contributed by atoms with Gasteiger partial charge in [-0.25, -0.2) is 0 Å². The normalized spacial score (nSPS) is 12.8. The molecule has 2 unspecified atom stereocenters. The molecule has 118 valence electrons. The van der Waals surface area contributed by atoms with E-state index in [2.05, 4.69) is 21.2 Å². The maximum absolute atomic E-state index is 12.2. The Balaban J connectivity index is 1.96. The second kappa shape index (κ2) is 7.80. The van der Waals surface area contributed by atoms with Crippen LogP contribution in [-0.2, 0) is 4.79 Å². The van der Waals surface area contributed by atoms with E-state index in [0.717, 1.165) is 10.0 Å². The van der Waals surface area contributed by atoms with Crippen LogP contribution in [-0.4, -0.2) is 12.0 Å². The van der Waals surface area contributed by atoms with Crippen molar-refractivity contribution in [3.63, 3.8) is 0 Å². The quantitative estimate of drug-likeness (QED) is 0.863. The first kappa shape index (κ1) is 17.0. The molecule has 2 aromatic carbocycles. The van der Waals surface area contributed by atoms with Crippen LogP contribution < -0.4 is 10.1 Å². The average Bonchev–Trinajstić information content (AvgIpc) is 2.55. The zero-order valence-electron chi connectivity index (χ0n) is 12.9. The topological polar surface area (TPSA) is 62.1 Å². The number of hydrogen-bond acceptors (Lipinski definition) is 3. The number of carbonyl (C=O) groups is 1. The molecule has 2 rings (SSSR count). The van der Waals surface area contributed by atoms with Crippen molar-refractivity contribution in [2.75, 3.05) is 0 Å². The van der Waals surface area contributed by atoms with E-state index in [0.29, 0.717) is 11.3 Å². The first-order valence-corrected chi connectivity index (χ1v) is 8.01. The van der Waals surface area contributed by atoms with Gasteiger partial charge in [0.25, 0.3) is 5.91 Å². The third kappa shape index (κ3) is 4.83. The lowest BCUT2D eigenvalue weighted by Gasteiger charge is -2.19. The van der Waals surface area contributed by atoms with E-state index >= 15 is 0 Å². The van der Waals surface area contributed by atoms with Gasteiger partial charge in [0.15, 0.2) is 6.10 Å². The number of nitrogens with one attached hydrogen (secondary N) is 1. The highest BCUT2D eigenvalue weighted by Gasteiger charge is 2.17. The summed E-state index contributed by atoms with van der Waals surface area (Å²) in [5, 5.41) is 11.8. The Kier molecular flexibility index (Phi) is 5.78. The summed E-state index contributed by atoms with van der Waals surface area (Å²) in [6, 6.07) is 16.5. The van der Waals surface area contributed by atoms with Crippen molar-refractivity contribution in [1.82, 2.24) is 5.32 Å². The van der Waals surface area contributed by atoms with E-state index in [1.165, 1.54) is 0 Å². The van der Waals surface area contributed by atoms with E-state index in [4.69, 9.17) is 10.00 Å². The van der Waals surface area contributed by atoms with Gasteiger partial charge >= 0.3 is 0 Å². The molecule has 0 aliphatic carbocycles. The maximum Gasteiger partial charge on any atom is 0.261 e. The minimum atomic E-state index is -0.651. The predicted molar refractivity (Wildman–Crippen MR) is 91.9 cm³/mol. The molecule has 0 radical (unpaired) electrons. The molecule has 0 aliphatic heterocycles. The van der Waals surface area contributed by atoms with Crippen LogP contribution in [0.1, 0.15) is 31.0 Å². The monoisotopic (exact) mass is 372 g/mol. The lowest BCUT2D eigenvalue weighted by atomic mass is 10.1. The molecule has 0 spiro atoms. The predicted octanol–water partition coefficient (Wildman–Crippen LogP) is 3.97. The Morgan fingerprint density at radius 3 is 2.57 bits per heavy atom. The fourth-order valence-corrected chi connectivity index (χ4v) is 2.33. The van der Waals surface area contributed by atoms with Crippen LogP contribution in [0.3, 0.4) is 0 Å². The molecule has 0 heterocycles. The molecule has 0 saturated carbocycles. The fraction of sp³-hybridized carbons (Fsp3) is 0.222. The molecule has 5 heteroatoms. The maximum atomic E-state index is 12.2. The van der Waals surface area contributed by atoms with Gasteiger partial charge in [0, 0.05) is 4.47 Å². The van der Waals surface area contributed by atoms with Crippen LogP contribution in [0.2, 0.25) is 0 Å². The number of benzene rings is 2. The Labute approximate surface area is 144 Å². The zero-order valence-corrected chi connectivity index (χ0v) is 14.5. The van der Waals surface area contributed by atoms with Crippen molar-refractivity contribution in [2.45, 2.75) is 26.0 Å².